The standard InChI is InChI=1S/C19H20O/c1-13(2)15-8-10-18-16(12-15)9-11-17(19(18)20)14-6-4-3-5-7-14/h3-8,10,12-13,17H,9,11H2,1-2H3. The van der Waals surface area contributed by atoms with E-state index in [-0.39, 0.29) is 11.7 Å². The Labute approximate surface area is 120 Å². The van der Waals surface area contributed by atoms with Crippen molar-refractivity contribution in [2.45, 2.75) is 38.5 Å². The van der Waals surface area contributed by atoms with Gasteiger partial charge in [0.2, 0.25) is 0 Å². The van der Waals surface area contributed by atoms with Crippen LogP contribution in [0, 0.1) is 0 Å². The zero-order chi connectivity index (χ0) is 14.1. The lowest BCUT2D eigenvalue weighted by atomic mass is 9.78. The van der Waals surface area contributed by atoms with Crippen LogP contribution in [0.15, 0.2) is 48.5 Å². The number of benzene rings is 2. The minimum atomic E-state index is 0.0357. The maximum Gasteiger partial charge on any atom is 0.170 e. The van der Waals surface area contributed by atoms with Gasteiger partial charge in [0.15, 0.2) is 5.78 Å². The summed E-state index contributed by atoms with van der Waals surface area (Å²) < 4.78 is 0. The second kappa shape index (κ2) is 5.24. The highest BCUT2D eigenvalue weighted by molar-refractivity contribution is 6.03. The third-order valence-corrected chi connectivity index (χ3v) is 4.28. The Hall–Kier alpha value is -1.89. The van der Waals surface area contributed by atoms with Gasteiger partial charge in [0.25, 0.3) is 0 Å². The molecule has 1 atom stereocenters. The Morgan fingerprint density at radius 2 is 1.80 bits per heavy atom. The van der Waals surface area contributed by atoms with Gasteiger partial charge in [-0.3, -0.25) is 4.79 Å². The molecule has 102 valence electrons. The lowest BCUT2D eigenvalue weighted by Gasteiger charge is -2.24. The Balaban J connectivity index is 1.96. The summed E-state index contributed by atoms with van der Waals surface area (Å²) in [5, 5.41) is 0. The van der Waals surface area contributed by atoms with E-state index in [0.717, 1.165) is 24.0 Å². The molecular formula is C19H20O. The number of carbonyl (C=O) groups excluding carboxylic acids is 1. The first-order valence-electron chi connectivity index (χ1n) is 7.39. The normalized spacial score (nSPS) is 18.1. The van der Waals surface area contributed by atoms with Crippen molar-refractivity contribution in [2.75, 3.05) is 0 Å². The lowest BCUT2D eigenvalue weighted by Crippen LogP contribution is -2.21. The van der Waals surface area contributed by atoms with E-state index in [2.05, 4.69) is 38.1 Å². The molecule has 0 radical (unpaired) electrons. The molecule has 0 amide bonds. The maximum atomic E-state index is 12.7. The number of aryl methyl sites for hydroxylation is 1. The van der Waals surface area contributed by atoms with Crippen LogP contribution >= 0.6 is 0 Å². The molecule has 0 aromatic heterocycles. The smallest absolute Gasteiger partial charge is 0.170 e. The predicted molar refractivity (Wildman–Crippen MR) is 82.4 cm³/mol. The van der Waals surface area contributed by atoms with Gasteiger partial charge < -0.3 is 0 Å². The molecular weight excluding hydrogens is 244 g/mol. The molecule has 0 saturated carbocycles. The maximum absolute atomic E-state index is 12.7. The first-order chi connectivity index (χ1) is 9.66. The van der Waals surface area contributed by atoms with Crippen molar-refractivity contribution in [3.63, 3.8) is 0 Å². The van der Waals surface area contributed by atoms with Gasteiger partial charge in [-0.15, -0.1) is 0 Å². The van der Waals surface area contributed by atoms with E-state index in [4.69, 9.17) is 0 Å². The van der Waals surface area contributed by atoms with Crippen LogP contribution in [-0.2, 0) is 6.42 Å². The van der Waals surface area contributed by atoms with Gasteiger partial charge in [0, 0.05) is 11.5 Å². The van der Waals surface area contributed by atoms with E-state index in [9.17, 15) is 4.79 Å². The Morgan fingerprint density at radius 1 is 1.05 bits per heavy atom. The molecule has 3 rings (SSSR count). The van der Waals surface area contributed by atoms with Crippen molar-refractivity contribution >= 4 is 5.78 Å². The largest absolute Gasteiger partial charge is 0.293 e. The van der Waals surface area contributed by atoms with Gasteiger partial charge in [-0.1, -0.05) is 62.4 Å². The molecule has 20 heavy (non-hydrogen) atoms. The average Bonchev–Trinajstić information content (AvgIpc) is 2.48. The quantitative estimate of drug-likeness (QED) is 0.767. The molecule has 1 aliphatic rings. The van der Waals surface area contributed by atoms with Crippen molar-refractivity contribution < 1.29 is 4.79 Å². The van der Waals surface area contributed by atoms with Crippen molar-refractivity contribution in [1.82, 2.24) is 0 Å². The van der Waals surface area contributed by atoms with Gasteiger partial charge in [0.1, 0.15) is 0 Å². The summed E-state index contributed by atoms with van der Waals surface area (Å²) in [5.41, 5.74) is 4.63. The Kier molecular flexibility index (Phi) is 3.43. The van der Waals surface area contributed by atoms with E-state index in [1.54, 1.807) is 0 Å². The average molecular weight is 264 g/mol. The van der Waals surface area contributed by atoms with Crippen LogP contribution in [0.4, 0.5) is 0 Å². The molecule has 0 heterocycles. The van der Waals surface area contributed by atoms with Crippen LogP contribution < -0.4 is 0 Å². The molecule has 0 spiro atoms. The Morgan fingerprint density at radius 3 is 2.50 bits per heavy atom. The topological polar surface area (TPSA) is 17.1 Å². The number of hydrogen-bond acceptors (Lipinski definition) is 1. The van der Waals surface area contributed by atoms with Crippen molar-refractivity contribution in [2.24, 2.45) is 0 Å². The number of fused-ring (bicyclic) bond motifs is 1. The number of carbonyl (C=O) groups is 1. The second-order valence-corrected chi connectivity index (χ2v) is 5.94. The summed E-state index contributed by atoms with van der Waals surface area (Å²) in [6.07, 6.45) is 1.93. The monoisotopic (exact) mass is 264 g/mol. The van der Waals surface area contributed by atoms with Gasteiger partial charge in [-0.05, 0) is 35.4 Å². The molecule has 0 saturated heterocycles. The SMILES string of the molecule is CC(C)c1ccc2c(c1)CCC(c1ccccc1)C2=O. The fourth-order valence-electron chi connectivity index (χ4n) is 3.04. The van der Waals surface area contributed by atoms with Crippen molar-refractivity contribution in [3.8, 4) is 0 Å². The Bertz CT molecular complexity index is 625. The molecule has 2 aromatic carbocycles. The van der Waals surface area contributed by atoms with Gasteiger partial charge in [-0.25, -0.2) is 0 Å². The van der Waals surface area contributed by atoms with E-state index in [1.807, 2.05) is 24.3 Å². The van der Waals surface area contributed by atoms with Gasteiger partial charge in [0.05, 0.1) is 0 Å². The van der Waals surface area contributed by atoms with Crippen LogP contribution in [0.1, 0.15) is 59.2 Å². The summed E-state index contributed by atoms with van der Waals surface area (Å²) in [5.74, 6) is 0.837. The summed E-state index contributed by atoms with van der Waals surface area (Å²) >= 11 is 0. The summed E-state index contributed by atoms with van der Waals surface area (Å²) in [7, 11) is 0. The second-order valence-electron chi connectivity index (χ2n) is 5.94. The molecule has 0 bridgehead atoms. The molecule has 1 unspecified atom stereocenters. The lowest BCUT2D eigenvalue weighted by molar-refractivity contribution is 0.0946. The van der Waals surface area contributed by atoms with Crippen LogP contribution in [0.3, 0.4) is 0 Å². The van der Waals surface area contributed by atoms with Crippen LogP contribution in [-0.4, -0.2) is 5.78 Å². The number of rotatable bonds is 2. The highest BCUT2D eigenvalue weighted by atomic mass is 16.1. The minimum Gasteiger partial charge on any atom is -0.293 e. The molecule has 0 N–H and O–H groups in total. The molecule has 2 aromatic rings. The highest BCUT2D eigenvalue weighted by Crippen LogP contribution is 2.33. The van der Waals surface area contributed by atoms with Gasteiger partial charge in [-0.2, -0.15) is 0 Å². The zero-order valence-corrected chi connectivity index (χ0v) is 12.1. The summed E-state index contributed by atoms with van der Waals surface area (Å²) in [6.45, 7) is 4.39. The first-order valence-corrected chi connectivity index (χ1v) is 7.39. The number of hydrogen-bond donors (Lipinski definition) is 0. The molecule has 1 nitrogen and oxygen atoms in total. The summed E-state index contributed by atoms with van der Waals surface area (Å²) in [6, 6.07) is 16.5. The zero-order valence-electron chi connectivity index (χ0n) is 12.1. The predicted octanol–water partition coefficient (Wildman–Crippen LogP) is 4.72. The third-order valence-electron chi connectivity index (χ3n) is 4.28. The molecule has 0 aliphatic heterocycles. The van der Waals surface area contributed by atoms with E-state index in [1.165, 1.54) is 11.1 Å². The van der Waals surface area contributed by atoms with Gasteiger partial charge >= 0.3 is 0 Å². The van der Waals surface area contributed by atoms with Crippen molar-refractivity contribution in [3.05, 3.63) is 70.8 Å². The minimum absolute atomic E-state index is 0.0357. The van der Waals surface area contributed by atoms with Crippen LogP contribution in [0.5, 0.6) is 0 Å². The fraction of sp³-hybridized carbons (Fsp3) is 0.316. The highest BCUT2D eigenvalue weighted by Gasteiger charge is 2.28. The van der Waals surface area contributed by atoms with E-state index < -0.39 is 0 Å². The van der Waals surface area contributed by atoms with Crippen molar-refractivity contribution in [1.29, 1.82) is 0 Å². The summed E-state index contributed by atoms with van der Waals surface area (Å²) in [4.78, 5) is 12.7. The number of ketones is 1. The fourth-order valence-corrected chi connectivity index (χ4v) is 3.04. The molecule has 1 aliphatic carbocycles. The van der Waals surface area contributed by atoms with Crippen LogP contribution in [0.25, 0.3) is 0 Å². The van der Waals surface area contributed by atoms with E-state index in [0.29, 0.717) is 5.92 Å². The van der Waals surface area contributed by atoms with Crippen LogP contribution in [0.2, 0.25) is 0 Å². The number of Topliss-reactive ketones (excluding diaryl/α,β-unsaturated/α-hetero) is 1. The molecule has 1 heteroatoms. The van der Waals surface area contributed by atoms with E-state index >= 15 is 0 Å². The third kappa shape index (κ3) is 2.29. The first kappa shape index (κ1) is 13.1. The molecule has 0 fully saturated rings.